The number of aryl methyl sites for hydroxylation is 1. The van der Waals surface area contributed by atoms with E-state index in [1.165, 1.54) is 0 Å². The van der Waals surface area contributed by atoms with Crippen molar-refractivity contribution in [1.82, 2.24) is 0 Å². The molecule has 0 unspecified atom stereocenters. The standard InChI is InChI=1S/C15H16N2O2/c1-11-10-14(6-7-15(11)19)17-16-13-4-2-12(3-5-13)8-9-18/h2-7,10,18-19H,8-9H2,1H3/b17-16+. The van der Waals surface area contributed by atoms with Crippen LogP contribution in [-0.4, -0.2) is 16.8 Å². The molecule has 2 aromatic carbocycles. The van der Waals surface area contributed by atoms with E-state index in [9.17, 15) is 5.11 Å². The molecule has 2 N–H and O–H groups in total. The van der Waals surface area contributed by atoms with Crippen LogP contribution in [0.2, 0.25) is 0 Å². The van der Waals surface area contributed by atoms with Crippen LogP contribution in [0.4, 0.5) is 11.4 Å². The smallest absolute Gasteiger partial charge is 0.118 e. The Labute approximate surface area is 112 Å². The lowest BCUT2D eigenvalue weighted by Gasteiger charge is -1.99. The Hall–Kier alpha value is -2.20. The Morgan fingerprint density at radius 3 is 2.21 bits per heavy atom. The van der Waals surface area contributed by atoms with Crippen LogP contribution in [0.25, 0.3) is 0 Å². The van der Waals surface area contributed by atoms with Gasteiger partial charge in [0.1, 0.15) is 5.75 Å². The van der Waals surface area contributed by atoms with Gasteiger partial charge in [-0.3, -0.25) is 0 Å². The molecular formula is C15H16N2O2. The van der Waals surface area contributed by atoms with E-state index >= 15 is 0 Å². The first-order chi connectivity index (χ1) is 9.19. The molecule has 0 radical (unpaired) electrons. The minimum absolute atomic E-state index is 0.146. The van der Waals surface area contributed by atoms with Crippen molar-refractivity contribution in [2.45, 2.75) is 13.3 Å². The van der Waals surface area contributed by atoms with Gasteiger partial charge in [0.2, 0.25) is 0 Å². The van der Waals surface area contributed by atoms with Gasteiger partial charge in [-0.2, -0.15) is 10.2 Å². The number of hydrogen-bond donors (Lipinski definition) is 2. The highest BCUT2D eigenvalue weighted by atomic mass is 16.3. The zero-order valence-corrected chi connectivity index (χ0v) is 10.7. The number of phenols is 1. The molecular weight excluding hydrogens is 240 g/mol. The molecule has 0 saturated heterocycles. The molecule has 98 valence electrons. The summed E-state index contributed by atoms with van der Waals surface area (Å²) in [6.07, 6.45) is 0.647. The molecule has 0 spiro atoms. The van der Waals surface area contributed by atoms with Crippen molar-refractivity contribution in [3.63, 3.8) is 0 Å². The molecule has 0 bridgehead atoms. The summed E-state index contributed by atoms with van der Waals surface area (Å²) in [5.74, 6) is 0.257. The van der Waals surface area contributed by atoms with E-state index in [2.05, 4.69) is 10.2 Å². The van der Waals surface area contributed by atoms with Crippen LogP contribution in [0.5, 0.6) is 5.75 Å². The first-order valence-electron chi connectivity index (χ1n) is 6.10. The summed E-state index contributed by atoms with van der Waals surface area (Å²) in [7, 11) is 0. The molecule has 0 aromatic heterocycles. The topological polar surface area (TPSA) is 65.2 Å². The second kappa shape index (κ2) is 6.11. The van der Waals surface area contributed by atoms with Crippen molar-refractivity contribution >= 4 is 11.4 Å². The van der Waals surface area contributed by atoms with Crippen molar-refractivity contribution in [3.05, 3.63) is 53.6 Å². The summed E-state index contributed by atoms with van der Waals surface area (Å²) in [4.78, 5) is 0. The molecule has 0 heterocycles. The van der Waals surface area contributed by atoms with Gasteiger partial charge >= 0.3 is 0 Å². The number of rotatable bonds is 4. The Balaban J connectivity index is 2.11. The summed E-state index contributed by atoms with van der Waals surface area (Å²) >= 11 is 0. The largest absolute Gasteiger partial charge is 0.508 e. The maximum Gasteiger partial charge on any atom is 0.118 e. The second-order valence-corrected chi connectivity index (χ2v) is 4.31. The van der Waals surface area contributed by atoms with E-state index < -0.39 is 0 Å². The fraction of sp³-hybridized carbons (Fsp3) is 0.200. The molecule has 0 amide bonds. The van der Waals surface area contributed by atoms with Crippen LogP contribution in [0, 0.1) is 6.92 Å². The lowest BCUT2D eigenvalue weighted by molar-refractivity contribution is 0.299. The average molecular weight is 256 g/mol. The van der Waals surface area contributed by atoms with Crippen molar-refractivity contribution in [2.24, 2.45) is 10.2 Å². The first-order valence-corrected chi connectivity index (χ1v) is 6.10. The lowest BCUT2D eigenvalue weighted by Crippen LogP contribution is -1.88. The highest BCUT2D eigenvalue weighted by molar-refractivity contribution is 5.46. The Bertz CT molecular complexity index is 577. The van der Waals surface area contributed by atoms with Gasteiger partial charge in [0.15, 0.2) is 0 Å². The van der Waals surface area contributed by atoms with Crippen LogP contribution >= 0.6 is 0 Å². The third-order valence-electron chi connectivity index (χ3n) is 2.80. The minimum atomic E-state index is 0.146. The second-order valence-electron chi connectivity index (χ2n) is 4.31. The van der Waals surface area contributed by atoms with Crippen LogP contribution in [0.15, 0.2) is 52.7 Å². The molecule has 0 atom stereocenters. The van der Waals surface area contributed by atoms with Crippen LogP contribution < -0.4 is 0 Å². The van der Waals surface area contributed by atoms with E-state index in [1.807, 2.05) is 31.2 Å². The van der Waals surface area contributed by atoms with Gasteiger partial charge in [-0.15, -0.1) is 0 Å². The zero-order valence-electron chi connectivity index (χ0n) is 10.7. The summed E-state index contributed by atoms with van der Waals surface area (Å²) in [6, 6.07) is 12.7. The maximum atomic E-state index is 9.42. The summed E-state index contributed by atoms with van der Waals surface area (Å²) in [5, 5.41) is 26.5. The SMILES string of the molecule is Cc1cc(/N=N/c2ccc(CCO)cc2)ccc1O. The van der Waals surface area contributed by atoms with Gasteiger partial charge in [0.05, 0.1) is 11.4 Å². The number of phenolic OH excluding ortho intramolecular Hbond substituents is 1. The van der Waals surface area contributed by atoms with E-state index in [0.29, 0.717) is 12.1 Å². The number of azo groups is 1. The van der Waals surface area contributed by atoms with Crippen molar-refractivity contribution < 1.29 is 10.2 Å². The lowest BCUT2D eigenvalue weighted by atomic mass is 10.1. The van der Waals surface area contributed by atoms with Gasteiger partial charge in [0.25, 0.3) is 0 Å². The Morgan fingerprint density at radius 1 is 0.947 bits per heavy atom. The number of aromatic hydroxyl groups is 1. The summed E-state index contributed by atoms with van der Waals surface area (Å²) in [5.41, 5.74) is 3.30. The predicted octanol–water partition coefficient (Wildman–Crippen LogP) is 3.65. The number of hydrogen-bond acceptors (Lipinski definition) is 4. The van der Waals surface area contributed by atoms with Gasteiger partial charge in [-0.25, -0.2) is 0 Å². The van der Waals surface area contributed by atoms with Crippen molar-refractivity contribution in [1.29, 1.82) is 0 Å². The molecule has 0 fully saturated rings. The molecule has 0 aliphatic heterocycles. The normalized spacial score (nSPS) is 11.1. The highest BCUT2D eigenvalue weighted by Crippen LogP contribution is 2.24. The van der Waals surface area contributed by atoms with E-state index in [-0.39, 0.29) is 12.4 Å². The average Bonchev–Trinajstić information content (AvgIpc) is 2.42. The molecule has 2 rings (SSSR count). The third-order valence-corrected chi connectivity index (χ3v) is 2.80. The zero-order chi connectivity index (χ0) is 13.7. The minimum Gasteiger partial charge on any atom is -0.508 e. The fourth-order valence-electron chi connectivity index (χ4n) is 1.68. The number of aliphatic hydroxyl groups excluding tert-OH is 1. The molecule has 2 aromatic rings. The Kier molecular flexibility index (Phi) is 4.26. The van der Waals surface area contributed by atoms with Crippen molar-refractivity contribution in [2.75, 3.05) is 6.61 Å². The van der Waals surface area contributed by atoms with Crippen LogP contribution in [0.1, 0.15) is 11.1 Å². The molecule has 4 nitrogen and oxygen atoms in total. The maximum absolute atomic E-state index is 9.42. The van der Waals surface area contributed by atoms with Crippen LogP contribution in [-0.2, 0) is 6.42 Å². The predicted molar refractivity (Wildman–Crippen MR) is 74.3 cm³/mol. The van der Waals surface area contributed by atoms with E-state index in [0.717, 1.165) is 16.8 Å². The Morgan fingerprint density at radius 2 is 1.58 bits per heavy atom. The van der Waals surface area contributed by atoms with E-state index in [1.54, 1.807) is 18.2 Å². The number of benzene rings is 2. The van der Waals surface area contributed by atoms with Crippen LogP contribution in [0.3, 0.4) is 0 Å². The van der Waals surface area contributed by atoms with Crippen molar-refractivity contribution in [3.8, 4) is 5.75 Å². The third kappa shape index (κ3) is 3.63. The van der Waals surface area contributed by atoms with Gasteiger partial charge in [0, 0.05) is 6.61 Å². The summed E-state index contributed by atoms with van der Waals surface area (Å²) in [6.45, 7) is 1.96. The molecule has 0 saturated carbocycles. The number of nitrogens with zero attached hydrogens (tertiary/aromatic N) is 2. The summed E-state index contributed by atoms with van der Waals surface area (Å²) < 4.78 is 0. The molecule has 0 aliphatic rings. The molecule has 0 aliphatic carbocycles. The fourth-order valence-corrected chi connectivity index (χ4v) is 1.68. The molecule has 4 heteroatoms. The quantitative estimate of drug-likeness (QED) is 0.820. The van der Waals surface area contributed by atoms with Gasteiger partial charge in [-0.1, -0.05) is 12.1 Å². The van der Waals surface area contributed by atoms with Gasteiger partial charge < -0.3 is 10.2 Å². The van der Waals surface area contributed by atoms with Gasteiger partial charge in [-0.05, 0) is 54.8 Å². The molecule has 19 heavy (non-hydrogen) atoms. The monoisotopic (exact) mass is 256 g/mol. The highest BCUT2D eigenvalue weighted by Gasteiger charge is 1.97. The first kappa shape index (κ1) is 13.2. The van der Waals surface area contributed by atoms with E-state index in [4.69, 9.17) is 5.11 Å². The number of aliphatic hydroxyl groups is 1.